The number of carbonyl (C=O) groups is 2. The highest BCUT2D eigenvalue weighted by Gasteiger charge is 2.25. The maximum Gasteiger partial charge on any atom is 0.407 e. The van der Waals surface area contributed by atoms with Crippen molar-refractivity contribution in [3.8, 4) is 0 Å². The molecular formula is C22H35N3O3. The van der Waals surface area contributed by atoms with Gasteiger partial charge < -0.3 is 10.1 Å². The largest absolute Gasteiger partial charge is 0.444 e. The van der Waals surface area contributed by atoms with Crippen LogP contribution in [0.1, 0.15) is 58.9 Å². The second-order valence-electron chi connectivity index (χ2n) is 8.34. The van der Waals surface area contributed by atoms with Gasteiger partial charge in [-0.1, -0.05) is 30.3 Å². The molecule has 1 N–H and O–H groups in total. The van der Waals surface area contributed by atoms with Crippen LogP contribution >= 0.6 is 0 Å². The molecule has 2 rings (SSSR count). The Morgan fingerprint density at radius 2 is 1.82 bits per heavy atom. The lowest BCUT2D eigenvalue weighted by atomic mass is 10.0. The first-order chi connectivity index (χ1) is 13.3. The Labute approximate surface area is 169 Å². The standard InChI is InChI=1S/C22H35N3O3/c1-5-25(24-15-9-10-16-24)20(26)14-13-19(17-18-11-7-6-8-12-18)23-21(27)28-22(2,3)4/h6-8,11-12,19H,5,9-10,13-17H2,1-4H3,(H,23,27). The number of hydrogen-bond acceptors (Lipinski definition) is 4. The number of amides is 2. The molecule has 1 atom stereocenters. The van der Waals surface area contributed by atoms with Crippen LogP contribution in [0.25, 0.3) is 0 Å². The molecule has 1 aromatic carbocycles. The van der Waals surface area contributed by atoms with Crippen LogP contribution < -0.4 is 5.32 Å². The van der Waals surface area contributed by atoms with Gasteiger partial charge in [0.15, 0.2) is 0 Å². The first-order valence-electron chi connectivity index (χ1n) is 10.4. The van der Waals surface area contributed by atoms with Crippen molar-refractivity contribution < 1.29 is 14.3 Å². The topological polar surface area (TPSA) is 61.9 Å². The number of hydrogen-bond donors (Lipinski definition) is 1. The fourth-order valence-electron chi connectivity index (χ4n) is 3.50. The Balaban J connectivity index is 1.97. The van der Waals surface area contributed by atoms with Crippen molar-refractivity contribution in [1.82, 2.24) is 15.3 Å². The lowest BCUT2D eigenvalue weighted by Gasteiger charge is -2.31. The number of ether oxygens (including phenoxy) is 1. The molecule has 1 fully saturated rings. The van der Waals surface area contributed by atoms with Gasteiger partial charge in [-0.3, -0.25) is 9.80 Å². The minimum atomic E-state index is -0.550. The SMILES string of the molecule is CCN(C(=O)CCC(Cc1ccccc1)NC(=O)OC(C)(C)C)N1CCCC1. The summed E-state index contributed by atoms with van der Waals surface area (Å²) in [7, 11) is 0. The summed E-state index contributed by atoms with van der Waals surface area (Å²) in [6.45, 7) is 10.1. The van der Waals surface area contributed by atoms with Gasteiger partial charge in [-0.2, -0.15) is 0 Å². The third-order valence-electron chi connectivity index (χ3n) is 4.76. The van der Waals surface area contributed by atoms with E-state index < -0.39 is 11.7 Å². The Hall–Kier alpha value is -2.08. The summed E-state index contributed by atoms with van der Waals surface area (Å²) in [5, 5.41) is 6.97. The first-order valence-corrected chi connectivity index (χ1v) is 10.4. The molecule has 0 radical (unpaired) electrons. The van der Waals surface area contributed by atoms with Crippen LogP contribution in [-0.4, -0.2) is 53.3 Å². The summed E-state index contributed by atoms with van der Waals surface area (Å²) in [5.74, 6) is 0.119. The molecule has 0 bridgehead atoms. The number of carbonyl (C=O) groups excluding carboxylic acids is 2. The van der Waals surface area contributed by atoms with Crippen molar-refractivity contribution in [3.05, 3.63) is 35.9 Å². The average molecular weight is 390 g/mol. The van der Waals surface area contributed by atoms with Gasteiger partial charge in [0, 0.05) is 32.1 Å². The van der Waals surface area contributed by atoms with E-state index in [1.54, 1.807) is 0 Å². The molecule has 0 spiro atoms. The van der Waals surface area contributed by atoms with Crippen molar-refractivity contribution in [2.24, 2.45) is 0 Å². The summed E-state index contributed by atoms with van der Waals surface area (Å²) < 4.78 is 5.41. The lowest BCUT2D eigenvalue weighted by molar-refractivity contribution is -0.147. The molecule has 1 saturated heterocycles. The number of hydrazine groups is 1. The minimum absolute atomic E-state index is 0.119. The highest BCUT2D eigenvalue weighted by molar-refractivity contribution is 5.76. The van der Waals surface area contributed by atoms with Gasteiger partial charge in [-0.25, -0.2) is 9.80 Å². The Morgan fingerprint density at radius 3 is 2.39 bits per heavy atom. The molecule has 1 unspecified atom stereocenters. The lowest BCUT2D eigenvalue weighted by Crippen LogP contribution is -2.46. The van der Waals surface area contributed by atoms with Gasteiger partial charge in [0.05, 0.1) is 0 Å². The molecular weight excluding hydrogens is 354 g/mol. The fraction of sp³-hybridized carbons (Fsp3) is 0.636. The molecule has 0 aromatic heterocycles. The zero-order chi connectivity index (χ0) is 20.6. The van der Waals surface area contributed by atoms with E-state index in [0.29, 0.717) is 25.8 Å². The second kappa shape index (κ2) is 10.5. The summed E-state index contributed by atoms with van der Waals surface area (Å²) in [6, 6.07) is 9.86. The highest BCUT2D eigenvalue weighted by Crippen LogP contribution is 2.15. The molecule has 1 aliphatic heterocycles. The van der Waals surface area contributed by atoms with Crippen LogP contribution in [0.15, 0.2) is 30.3 Å². The predicted octanol–water partition coefficient (Wildman–Crippen LogP) is 3.76. The summed E-state index contributed by atoms with van der Waals surface area (Å²) in [4.78, 5) is 25.0. The number of benzene rings is 1. The molecule has 0 saturated carbocycles. The maximum absolute atomic E-state index is 12.8. The van der Waals surface area contributed by atoms with Crippen molar-refractivity contribution >= 4 is 12.0 Å². The smallest absolute Gasteiger partial charge is 0.407 e. The van der Waals surface area contributed by atoms with E-state index in [2.05, 4.69) is 10.3 Å². The fourth-order valence-corrected chi connectivity index (χ4v) is 3.50. The van der Waals surface area contributed by atoms with Crippen molar-refractivity contribution in [1.29, 1.82) is 0 Å². The van der Waals surface area contributed by atoms with Gasteiger partial charge >= 0.3 is 6.09 Å². The van der Waals surface area contributed by atoms with Crippen LogP contribution in [0.2, 0.25) is 0 Å². The molecule has 2 amide bonds. The quantitative estimate of drug-likeness (QED) is 0.735. The molecule has 1 aromatic rings. The van der Waals surface area contributed by atoms with E-state index in [-0.39, 0.29) is 11.9 Å². The highest BCUT2D eigenvalue weighted by atomic mass is 16.6. The normalized spacial score (nSPS) is 15.9. The Bertz CT molecular complexity index is 622. The van der Waals surface area contributed by atoms with Crippen molar-refractivity contribution in [3.63, 3.8) is 0 Å². The third kappa shape index (κ3) is 7.50. The van der Waals surface area contributed by atoms with Crippen LogP contribution in [0.3, 0.4) is 0 Å². The van der Waals surface area contributed by atoms with Crippen molar-refractivity contribution in [2.45, 2.75) is 71.4 Å². The number of alkyl carbamates (subject to hydrolysis) is 1. The number of nitrogens with zero attached hydrogens (tertiary/aromatic N) is 2. The number of nitrogens with one attached hydrogen (secondary N) is 1. The molecule has 28 heavy (non-hydrogen) atoms. The zero-order valence-electron chi connectivity index (χ0n) is 17.7. The van der Waals surface area contributed by atoms with E-state index in [1.807, 2.05) is 63.0 Å². The molecule has 1 aliphatic rings. The van der Waals surface area contributed by atoms with E-state index >= 15 is 0 Å². The Morgan fingerprint density at radius 1 is 1.18 bits per heavy atom. The van der Waals surface area contributed by atoms with Gasteiger partial charge in [0.25, 0.3) is 0 Å². The van der Waals surface area contributed by atoms with Gasteiger partial charge in [-0.15, -0.1) is 0 Å². The van der Waals surface area contributed by atoms with E-state index in [9.17, 15) is 9.59 Å². The molecule has 1 heterocycles. The zero-order valence-corrected chi connectivity index (χ0v) is 17.7. The Kier molecular flexibility index (Phi) is 8.30. The summed E-state index contributed by atoms with van der Waals surface area (Å²) in [5.41, 5.74) is 0.578. The van der Waals surface area contributed by atoms with E-state index in [0.717, 1.165) is 31.5 Å². The van der Waals surface area contributed by atoms with E-state index in [4.69, 9.17) is 4.74 Å². The van der Waals surface area contributed by atoms with Crippen LogP contribution in [0, 0.1) is 0 Å². The molecule has 6 nitrogen and oxygen atoms in total. The summed E-state index contributed by atoms with van der Waals surface area (Å²) in [6.07, 6.45) is 3.49. The second-order valence-corrected chi connectivity index (χ2v) is 8.34. The van der Waals surface area contributed by atoms with Gasteiger partial charge in [0.2, 0.25) is 5.91 Å². The van der Waals surface area contributed by atoms with Gasteiger partial charge in [-0.05, 0) is 58.9 Å². The average Bonchev–Trinajstić information content (AvgIpc) is 3.14. The van der Waals surface area contributed by atoms with Crippen LogP contribution in [-0.2, 0) is 16.0 Å². The third-order valence-corrected chi connectivity index (χ3v) is 4.76. The maximum atomic E-state index is 12.8. The molecule has 6 heteroatoms. The molecule has 0 aliphatic carbocycles. The first kappa shape index (κ1) is 22.2. The van der Waals surface area contributed by atoms with Crippen LogP contribution in [0.5, 0.6) is 0 Å². The molecule has 156 valence electrons. The monoisotopic (exact) mass is 389 g/mol. The minimum Gasteiger partial charge on any atom is -0.444 e. The van der Waals surface area contributed by atoms with Crippen LogP contribution in [0.4, 0.5) is 4.79 Å². The van der Waals surface area contributed by atoms with E-state index in [1.165, 1.54) is 0 Å². The van der Waals surface area contributed by atoms with Crippen molar-refractivity contribution in [2.75, 3.05) is 19.6 Å². The van der Waals surface area contributed by atoms with Gasteiger partial charge in [0.1, 0.15) is 5.60 Å². The summed E-state index contributed by atoms with van der Waals surface area (Å²) >= 11 is 0. The number of rotatable bonds is 8. The predicted molar refractivity (Wildman–Crippen MR) is 111 cm³/mol.